The number of urea groups is 1. The van der Waals surface area contributed by atoms with Crippen molar-refractivity contribution in [1.29, 1.82) is 0 Å². The highest BCUT2D eigenvalue weighted by atomic mass is 19.4. The number of methoxy groups -OCH3 is 1. The van der Waals surface area contributed by atoms with Crippen molar-refractivity contribution in [3.05, 3.63) is 98.7 Å². The Morgan fingerprint density at radius 3 is 2.42 bits per heavy atom. The van der Waals surface area contributed by atoms with Crippen LogP contribution in [0.15, 0.2) is 77.0 Å². The number of hydrazone groups is 1. The minimum Gasteiger partial charge on any atom is -0.493 e. The molecule has 3 aromatic rings. The zero-order valence-corrected chi connectivity index (χ0v) is 25.5. The van der Waals surface area contributed by atoms with E-state index < -0.39 is 52.9 Å². The molecule has 0 saturated heterocycles. The molecule has 0 radical (unpaired) electrons. The third kappa shape index (κ3) is 8.56. The molecule has 1 aliphatic rings. The van der Waals surface area contributed by atoms with Gasteiger partial charge in [-0.15, -0.1) is 0 Å². The second kappa shape index (κ2) is 15.0. The number of nitrogens with one attached hydrogen (secondary N) is 3. The summed E-state index contributed by atoms with van der Waals surface area (Å²) in [4.78, 5) is 47.4. The summed E-state index contributed by atoms with van der Waals surface area (Å²) in [6.45, 7) is 2.93. The zero-order chi connectivity index (χ0) is 35.0. The molecule has 252 valence electrons. The van der Waals surface area contributed by atoms with E-state index in [1.807, 2.05) is 0 Å². The van der Waals surface area contributed by atoms with E-state index in [4.69, 9.17) is 18.9 Å². The van der Waals surface area contributed by atoms with Gasteiger partial charge in [0.2, 0.25) is 5.75 Å². The van der Waals surface area contributed by atoms with Crippen LogP contribution in [-0.4, -0.2) is 49.4 Å². The highest BCUT2D eigenvalue weighted by Gasteiger charge is 2.34. The number of carbonyl (C=O) groups is 3. The van der Waals surface area contributed by atoms with Gasteiger partial charge in [-0.1, -0.05) is 6.07 Å². The number of hydrogen-bond acceptors (Lipinski definition) is 10. The highest BCUT2D eigenvalue weighted by molar-refractivity contribution is 5.95. The molecule has 48 heavy (non-hydrogen) atoms. The average molecular weight is 672 g/mol. The van der Waals surface area contributed by atoms with Crippen LogP contribution in [0.1, 0.15) is 36.6 Å². The number of allylic oxidation sites excluding steroid dienone is 1. The summed E-state index contributed by atoms with van der Waals surface area (Å²) >= 11 is 0. The van der Waals surface area contributed by atoms with E-state index in [9.17, 15) is 37.7 Å². The average Bonchev–Trinajstić information content (AvgIpc) is 3.03. The van der Waals surface area contributed by atoms with Crippen molar-refractivity contribution >= 4 is 29.8 Å². The van der Waals surface area contributed by atoms with Gasteiger partial charge in [0.1, 0.15) is 5.75 Å². The number of hydrogen-bond donors (Lipinski definition) is 3. The monoisotopic (exact) mass is 671 g/mol. The summed E-state index contributed by atoms with van der Waals surface area (Å²) in [5, 5.41) is 20.4. The largest absolute Gasteiger partial charge is 0.493 e. The van der Waals surface area contributed by atoms with Crippen LogP contribution in [0.25, 0.3) is 0 Å². The van der Waals surface area contributed by atoms with Crippen molar-refractivity contribution in [3.8, 4) is 23.0 Å². The molecule has 0 saturated carbocycles. The number of benzene rings is 3. The highest BCUT2D eigenvalue weighted by Crippen LogP contribution is 2.38. The zero-order valence-electron chi connectivity index (χ0n) is 25.5. The third-order valence-corrected chi connectivity index (χ3v) is 6.64. The van der Waals surface area contributed by atoms with E-state index in [2.05, 4.69) is 21.2 Å². The number of nitrogens with zero attached hydrogens (tertiary/aromatic N) is 2. The molecule has 17 heteroatoms. The first-order chi connectivity index (χ1) is 22.8. The third-order valence-electron chi connectivity index (χ3n) is 6.64. The molecule has 1 heterocycles. The lowest BCUT2D eigenvalue weighted by Crippen LogP contribution is -2.45. The van der Waals surface area contributed by atoms with E-state index in [-0.39, 0.29) is 35.2 Å². The fraction of sp³-hybridized carbons (Fsp3) is 0.226. The van der Waals surface area contributed by atoms with Crippen molar-refractivity contribution in [2.24, 2.45) is 5.10 Å². The number of ether oxygens (including phenoxy) is 4. The summed E-state index contributed by atoms with van der Waals surface area (Å²) in [5.41, 5.74) is 1.80. The number of alkyl halides is 3. The molecule has 3 N–H and O–H groups in total. The second-order valence-corrected chi connectivity index (χ2v) is 9.89. The van der Waals surface area contributed by atoms with Gasteiger partial charge in [0.25, 0.3) is 5.91 Å². The number of halogens is 3. The predicted molar refractivity (Wildman–Crippen MR) is 163 cm³/mol. The second-order valence-electron chi connectivity index (χ2n) is 9.89. The molecule has 1 atom stereocenters. The van der Waals surface area contributed by atoms with Crippen molar-refractivity contribution in [2.45, 2.75) is 26.1 Å². The van der Waals surface area contributed by atoms with Gasteiger partial charge >= 0.3 is 23.9 Å². The lowest BCUT2D eigenvalue weighted by atomic mass is 9.95. The maximum atomic E-state index is 12.9. The van der Waals surface area contributed by atoms with E-state index in [0.717, 1.165) is 6.07 Å². The summed E-state index contributed by atoms with van der Waals surface area (Å²) in [6, 6.07) is 11.1. The van der Waals surface area contributed by atoms with Crippen LogP contribution >= 0.6 is 0 Å². The van der Waals surface area contributed by atoms with Crippen molar-refractivity contribution in [3.63, 3.8) is 0 Å². The van der Waals surface area contributed by atoms with Crippen molar-refractivity contribution < 1.29 is 51.4 Å². The molecule has 1 aliphatic heterocycles. The number of amides is 3. The standard InChI is InChI=1S/C31H28F3N5O9/c1-4-46-29(41)27-17(2)36-30(42)37-28(27)19-7-11-24(25(13-19)45-3)47-16-26(40)38-35-15-18-5-9-21(10-6-18)48-23-12-8-20(31(32,33)34)14-22(23)39(43)44/h5-15,28H,4,16H2,1-3H3,(H,38,40)(H2,36,37,42)/b35-15-/t28-/m1/s1. The Hall–Kier alpha value is -6.13. The van der Waals surface area contributed by atoms with Crippen LogP contribution in [-0.2, 0) is 20.5 Å². The van der Waals surface area contributed by atoms with Crippen LogP contribution in [0.5, 0.6) is 23.0 Å². The first-order valence-electron chi connectivity index (χ1n) is 14.0. The number of rotatable bonds is 12. The van der Waals surface area contributed by atoms with E-state index in [1.165, 1.54) is 43.7 Å². The van der Waals surface area contributed by atoms with E-state index in [1.54, 1.807) is 26.0 Å². The summed E-state index contributed by atoms with van der Waals surface area (Å²) < 4.78 is 60.3. The Kier molecular flexibility index (Phi) is 10.8. The molecular weight excluding hydrogens is 643 g/mol. The summed E-state index contributed by atoms with van der Waals surface area (Å²) in [7, 11) is 1.38. The molecule has 0 aromatic heterocycles. The molecule has 0 aliphatic carbocycles. The molecule has 14 nitrogen and oxygen atoms in total. The van der Waals surface area contributed by atoms with Crippen LogP contribution in [0.4, 0.5) is 23.7 Å². The van der Waals surface area contributed by atoms with Crippen LogP contribution in [0.2, 0.25) is 0 Å². The summed E-state index contributed by atoms with van der Waals surface area (Å²) in [5.74, 6) is -1.07. The first-order valence-corrected chi connectivity index (χ1v) is 14.0. The van der Waals surface area contributed by atoms with Gasteiger partial charge in [-0.2, -0.15) is 18.3 Å². The Morgan fingerprint density at radius 1 is 1.06 bits per heavy atom. The minimum atomic E-state index is -4.76. The van der Waals surface area contributed by atoms with Crippen LogP contribution in [0.3, 0.4) is 0 Å². The Balaban J connectivity index is 1.35. The molecule has 0 bridgehead atoms. The Bertz CT molecular complexity index is 1780. The van der Waals surface area contributed by atoms with Gasteiger partial charge in [-0.3, -0.25) is 14.9 Å². The van der Waals surface area contributed by atoms with Gasteiger partial charge in [-0.25, -0.2) is 15.0 Å². The number of esters is 1. The Morgan fingerprint density at radius 2 is 1.77 bits per heavy atom. The molecule has 0 unspecified atom stereocenters. The first kappa shape index (κ1) is 34.7. The van der Waals surface area contributed by atoms with Crippen molar-refractivity contribution in [2.75, 3.05) is 20.3 Å². The molecule has 4 rings (SSSR count). The quantitative estimate of drug-likeness (QED) is 0.102. The molecule has 3 aromatic carbocycles. The normalized spacial score (nSPS) is 14.5. The predicted octanol–water partition coefficient (Wildman–Crippen LogP) is 5.13. The van der Waals surface area contributed by atoms with Gasteiger partial charge in [-0.05, 0) is 73.5 Å². The number of carbonyl (C=O) groups excluding carboxylic acids is 3. The maximum Gasteiger partial charge on any atom is 0.416 e. The lowest BCUT2D eigenvalue weighted by molar-refractivity contribution is -0.385. The van der Waals surface area contributed by atoms with Crippen LogP contribution in [0, 0.1) is 10.1 Å². The maximum absolute atomic E-state index is 12.9. The fourth-order valence-electron chi connectivity index (χ4n) is 4.43. The van der Waals surface area contributed by atoms with Gasteiger partial charge in [0.15, 0.2) is 18.1 Å². The van der Waals surface area contributed by atoms with Gasteiger partial charge < -0.3 is 29.6 Å². The van der Waals surface area contributed by atoms with Gasteiger partial charge in [0.05, 0.1) is 42.0 Å². The lowest BCUT2D eigenvalue weighted by Gasteiger charge is -2.28. The Labute approximate surface area is 270 Å². The molecule has 0 fully saturated rings. The number of nitro benzene ring substituents is 1. The van der Waals surface area contributed by atoms with Crippen molar-refractivity contribution in [1.82, 2.24) is 16.1 Å². The molecule has 3 amide bonds. The molecule has 0 spiro atoms. The summed E-state index contributed by atoms with van der Waals surface area (Å²) in [6.07, 6.45) is -3.46. The van der Waals surface area contributed by atoms with Gasteiger partial charge in [0, 0.05) is 11.8 Å². The molecular formula is C31H28F3N5O9. The van der Waals surface area contributed by atoms with E-state index >= 15 is 0 Å². The van der Waals surface area contributed by atoms with Crippen LogP contribution < -0.4 is 30.3 Å². The fourth-order valence-corrected chi connectivity index (χ4v) is 4.43. The van der Waals surface area contributed by atoms with E-state index in [0.29, 0.717) is 29.0 Å². The SMILES string of the molecule is CCOC(=O)C1=C(C)NC(=O)N[C@@H]1c1ccc(OCC(=O)N/N=C\c2ccc(Oc3ccc(C(F)(F)F)cc3[N+](=O)[O-])cc2)c(OC)c1. The topological polar surface area (TPSA) is 180 Å². The minimum absolute atomic E-state index is 0.109. The number of nitro groups is 1. The smallest absolute Gasteiger partial charge is 0.416 e.